The molecule has 0 heterocycles. The first-order valence-corrected chi connectivity index (χ1v) is 2.02. The van der Waals surface area contributed by atoms with Crippen molar-refractivity contribution in [2.45, 2.75) is 19.8 Å². The predicted octanol–water partition coefficient (Wildman–Crippen LogP) is 0.776. The molecule has 0 amide bonds. The maximum atomic E-state index is 8.07. The van der Waals surface area contributed by atoms with E-state index in [4.69, 9.17) is 5.11 Å². The van der Waals surface area contributed by atoms with Gasteiger partial charge in [-0.2, -0.15) is 0 Å². The second-order valence-electron chi connectivity index (χ2n) is 1.08. The van der Waals surface area contributed by atoms with E-state index in [1.165, 1.54) is 0 Å². The van der Waals surface area contributed by atoms with E-state index >= 15 is 0 Å². The first-order chi connectivity index (χ1) is 2.41. The van der Waals surface area contributed by atoms with Gasteiger partial charge in [-0.1, -0.05) is 13.3 Å². The molecule has 0 spiro atoms. The van der Waals surface area contributed by atoms with E-state index in [-0.39, 0.29) is 16.5 Å². The molecule has 0 unspecified atom stereocenters. The van der Waals surface area contributed by atoms with Gasteiger partial charge >= 0.3 is 0 Å². The summed E-state index contributed by atoms with van der Waals surface area (Å²) in [6.45, 7) is 2.40. The Morgan fingerprint density at radius 3 is 2.00 bits per heavy atom. The standard InChI is InChI=1S/C4H10O.Ni/c1-2-3-4-5;/h5H,2-4H2,1H3;. The van der Waals surface area contributed by atoms with E-state index in [9.17, 15) is 0 Å². The summed E-state index contributed by atoms with van der Waals surface area (Å²) in [5.74, 6) is 0. The molecule has 0 aliphatic heterocycles. The molecule has 0 saturated heterocycles. The fourth-order valence-electron chi connectivity index (χ4n) is 0.158. The minimum Gasteiger partial charge on any atom is -0.396 e. The second-order valence-corrected chi connectivity index (χ2v) is 1.08. The zero-order valence-electron chi connectivity index (χ0n) is 3.88. The van der Waals surface area contributed by atoms with E-state index in [1.807, 2.05) is 0 Å². The first-order valence-electron chi connectivity index (χ1n) is 2.02. The number of rotatable bonds is 2. The molecular weight excluding hydrogens is 123 g/mol. The molecule has 0 fully saturated rings. The Kier molecular flexibility index (Phi) is 14.6. The van der Waals surface area contributed by atoms with E-state index < -0.39 is 0 Å². The topological polar surface area (TPSA) is 20.2 Å². The van der Waals surface area contributed by atoms with Crippen molar-refractivity contribution in [1.82, 2.24) is 0 Å². The van der Waals surface area contributed by atoms with Crippen molar-refractivity contribution in [3.8, 4) is 0 Å². The minimum absolute atomic E-state index is 0. The van der Waals surface area contributed by atoms with Crippen LogP contribution in [0.4, 0.5) is 0 Å². The normalized spacial score (nSPS) is 7.00. The van der Waals surface area contributed by atoms with Crippen molar-refractivity contribution in [2.24, 2.45) is 0 Å². The van der Waals surface area contributed by atoms with Crippen LogP contribution >= 0.6 is 0 Å². The molecule has 0 radical (unpaired) electrons. The Bertz CT molecular complexity index is 15.0. The third kappa shape index (κ3) is 8.82. The van der Waals surface area contributed by atoms with Crippen LogP contribution in [0.25, 0.3) is 0 Å². The Morgan fingerprint density at radius 2 is 2.00 bits per heavy atom. The fraction of sp³-hybridized carbons (Fsp3) is 1.00. The average Bonchev–Trinajstić information content (AvgIpc) is 1.41. The van der Waals surface area contributed by atoms with Crippen molar-refractivity contribution in [2.75, 3.05) is 6.61 Å². The van der Waals surface area contributed by atoms with Crippen LogP contribution in [-0.4, -0.2) is 11.7 Å². The molecule has 0 aliphatic carbocycles. The fourth-order valence-corrected chi connectivity index (χ4v) is 0.158. The van der Waals surface area contributed by atoms with Gasteiger partial charge in [-0.15, -0.1) is 0 Å². The largest absolute Gasteiger partial charge is 0.396 e. The third-order valence-corrected chi connectivity index (χ3v) is 0.512. The summed E-state index contributed by atoms with van der Waals surface area (Å²) < 4.78 is 0. The Balaban J connectivity index is 0. The molecule has 0 rings (SSSR count). The van der Waals surface area contributed by atoms with Gasteiger partial charge in [-0.25, -0.2) is 0 Å². The van der Waals surface area contributed by atoms with Gasteiger partial charge < -0.3 is 5.11 Å². The van der Waals surface area contributed by atoms with Crippen LogP contribution in [0.3, 0.4) is 0 Å². The van der Waals surface area contributed by atoms with Crippen LogP contribution in [0.1, 0.15) is 19.8 Å². The summed E-state index contributed by atoms with van der Waals surface area (Å²) in [4.78, 5) is 0. The number of aliphatic hydroxyl groups is 1. The molecule has 0 saturated carbocycles. The summed E-state index contributed by atoms with van der Waals surface area (Å²) in [5.41, 5.74) is 0. The molecule has 0 aromatic carbocycles. The molecule has 0 atom stereocenters. The summed E-state index contributed by atoms with van der Waals surface area (Å²) in [7, 11) is 0. The maximum absolute atomic E-state index is 8.07. The quantitative estimate of drug-likeness (QED) is 0.551. The number of hydrogen-bond donors (Lipinski definition) is 1. The maximum Gasteiger partial charge on any atom is 0.0430 e. The Morgan fingerprint density at radius 1 is 1.50 bits per heavy atom. The number of unbranched alkanes of at least 4 members (excludes halogenated alkanes) is 1. The van der Waals surface area contributed by atoms with E-state index in [0.717, 1.165) is 12.8 Å². The second kappa shape index (κ2) is 9.07. The van der Waals surface area contributed by atoms with Gasteiger partial charge in [0.2, 0.25) is 0 Å². The zero-order chi connectivity index (χ0) is 4.12. The van der Waals surface area contributed by atoms with Gasteiger partial charge in [0, 0.05) is 23.1 Å². The molecule has 0 aromatic rings. The third-order valence-electron chi connectivity index (χ3n) is 0.512. The summed E-state index contributed by atoms with van der Waals surface area (Å²) >= 11 is 0. The van der Waals surface area contributed by atoms with Crippen molar-refractivity contribution < 1.29 is 21.6 Å². The van der Waals surface area contributed by atoms with Crippen LogP contribution in [0.5, 0.6) is 0 Å². The van der Waals surface area contributed by atoms with Crippen LogP contribution in [0, 0.1) is 0 Å². The zero-order valence-corrected chi connectivity index (χ0v) is 4.87. The van der Waals surface area contributed by atoms with Crippen LogP contribution in [-0.2, 0) is 16.5 Å². The average molecular weight is 133 g/mol. The van der Waals surface area contributed by atoms with Crippen LogP contribution in [0.15, 0.2) is 0 Å². The van der Waals surface area contributed by atoms with E-state index in [2.05, 4.69) is 6.92 Å². The van der Waals surface area contributed by atoms with Gasteiger partial charge in [-0.3, -0.25) is 0 Å². The van der Waals surface area contributed by atoms with Crippen LogP contribution < -0.4 is 0 Å². The number of aliphatic hydroxyl groups excluding tert-OH is 1. The van der Waals surface area contributed by atoms with Crippen LogP contribution in [0.2, 0.25) is 0 Å². The van der Waals surface area contributed by atoms with E-state index in [0.29, 0.717) is 6.61 Å². The SMILES string of the molecule is CCCCO.[Ni]. The van der Waals surface area contributed by atoms with Gasteiger partial charge in [0.25, 0.3) is 0 Å². The van der Waals surface area contributed by atoms with Gasteiger partial charge in [0.1, 0.15) is 0 Å². The molecule has 42 valence electrons. The molecule has 1 N–H and O–H groups in total. The molecular formula is C4H10NiO. The molecule has 2 heteroatoms. The summed E-state index contributed by atoms with van der Waals surface area (Å²) in [5, 5.41) is 8.07. The molecule has 0 aromatic heterocycles. The molecule has 1 nitrogen and oxygen atoms in total. The van der Waals surface area contributed by atoms with Crippen molar-refractivity contribution in [3.05, 3.63) is 0 Å². The van der Waals surface area contributed by atoms with Gasteiger partial charge in [0.05, 0.1) is 0 Å². The molecule has 6 heavy (non-hydrogen) atoms. The Labute approximate surface area is 48.7 Å². The molecule has 0 bridgehead atoms. The van der Waals surface area contributed by atoms with E-state index in [1.54, 1.807) is 0 Å². The van der Waals surface area contributed by atoms with Gasteiger partial charge in [-0.05, 0) is 6.42 Å². The minimum atomic E-state index is 0. The predicted molar refractivity (Wildman–Crippen MR) is 22.0 cm³/mol. The van der Waals surface area contributed by atoms with Crippen molar-refractivity contribution in [3.63, 3.8) is 0 Å². The van der Waals surface area contributed by atoms with Gasteiger partial charge in [0.15, 0.2) is 0 Å². The Hall–Kier alpha value is 0.454. The smallest absolute Gasteiger partial charge is 0.0430 e. The van der Waals surface area contributed by atoms with Crippen molar-refractivity contribution >= 4 is 0 Å². The monoisotopic (exact) mass is 132 g/mol. The summed E-state index contributed by atoms with van der Waals surface area (Å²) in [6.07, 6.45) is 2.04. The first kappa shape index (κ1) is 9.68. The van der Waals surface area contributed by atoms with Crippen molar-refractivity contribution in [1.29, 1.82) is 0 Å². The number of hydrogen-bond acceptors (Lipinski definition) is 1. The summed E-state index contributed by atoms with van der Waals surface area (Å²) in [6, 6.07) is 0. The molecule has 0 aliphatic rings.